The van der Waals surface area contributed by atoms with Gasteiger partial charge in [-0.15, -0.1) is 0 Å². The molecule has 2 rings (SSSR count). The third-order valence-corrected chi connectivity index (χ3v) is 2.29. The Morgan fingerprint density at radius 1 is 0.778 bits per heavy atom. The molecule has 0 radical (unpaired) electrons. The molecular weight excluding hydrogens is 228 g/mol. The zero-order valence-corrected chi connectivity index (χ0v) is 9.56. The zero-order valence-electron chi connectivity index (χ0n) is 9.56. The zero-order chi connectivity index (χ0) is 12.8. The summed E-state index contributed by atoms with van der Waals surface area (Å²) < 4.78 is 0. The highest BCUT2D eigenvalue weighted by Crippen LogP contribution is 2.10. The minimum absolute atomic E-state index is 0.457. The van der Waals surface area contributed by atoms with E-state index < -0.39 is 12.2 Å². The molecule has 0 spiro atoms. The van der Waals surface area contributed by atoms with Crippen molar-refractivity contribution in [3.8, 4) is 11.8 Å². The second-order valence-corrected chi connectivity index (χ2v) is 3.60. The van der Waals surface area contributed by atoms with Gasteiger partial charge >= 0.3 is 0 Å². The topological polar surface area (TPSA) is 66.2 Å². The van der Waals surface area contributed by atoms with Crippen molar-refractivity contribution in [3.63, 3.8) is 0 Å². The minimum atomic E-state index is -1.01. The van der Waals surface area contributed by atoms with E-state index in [1.165, 1.54) is 0 Å². The smallest absolute Gasteiger partial charge is 0.157 e. The van der Waals surface area contributed by atoms with Crippen LogP contribution in [-0.2, 0) is 0 Å². The second kappa shape index (κ2) is 5.92. The standard InChI is InChI=1S/C14H12N2O2/c17-13(11-5-1-3-9-15-11)7-8-14(18)12-6-2-4-10-16-12/h1-6,9-10,13-14,17-18H. The van der Waals surface area contributed by atoms with Crippen molar-refractivity contribution in [1.29, 1.82) is 0 Å². The van der Waals surface area contributed by atoms with Gasteiger partial charge in [-0.1, -0.05) is 24.0 Å². The first-order valence-electron chi connectivity index (χ1n) is 5.46. The van der Waals surface area contributed by atoms with Gasteiger partial charge in [0, 0.05) is 12.4 Å². The average molecular weight is 240 g/mol. The molecule has 0 saturated heterocycles. The Kier molecular flexibility index (Phi) is 4.02. The molecule has 0 aliphatic heterocycles. The van der Waals surface area contributed by atoms with Gasteiger partial charge in [-0.25, -0.2) is 0 Å². The Morgan fingerprint density at radius 3 is 1.56 bits per heavy atom. The highest BCUT2D eigenvalue weighted by molar-refractivity contribution is 5.23. The minimum Gasteiger partial charge on any atom is -0.374 e. The van der Waals surface area contributed by atoms with Crippen LogP contribution in [0.4, 0.5) is 0 Å². The maximum absolute atomic E-state index is 9.75. The first-order valence-corrected chi connectivity index (χ1v) is 5.46. The van der Waals surface area contributed by atoms with Crippen molar-refractivity contribution < 1.29 is 10.2 Å². The van der Waals surface area contributed by atoms with Crippen LogP contribution in [0, 0.1) is 11.8 Å². The van der Waals surface area contributed by atoms with E-state index in [2.05, 4.69) is 21.8 Å². The molecule has 2 aromatic heterocycles. The molecule has 2 unspecified atom stereocenters. The van der Waals surface area contributed by atoms with Crippen LogP contribution in [0.15, 0.2) is 48.8 Å². The number of aliphatic hydroxyl groups excluding tert-OH is 2. The van der Waals surface area contributed by atoms with Crippen molar-refractivity contribution in [2.75, 3.05) is 0 Å². The summed E-state index contributed by atoms with van der Waals surface area (Å²) in [4.78, 5) is 7.96. The summed E-state index contributed by atoms with van der Waals surface area (Å²) in [6.07, 6.45) is 1.14. The first-order chi connectivity index (χ1) is 8.77. The van der Waals surface area contributed by atoms with E-state index in [1.807, 2.05) is 0 Å². The van der Waals surface area contributed by atoms with Crippen LogP contribution in [-0.4, -0.2) is 20.2 Å². The van der Waals surface area contributed by atoms with Crippen molar-refractivity contribution >= 4 is 0 Å². The molecule has 0 aliphatic carbocycles. The van der Waals surface area contributed by atoms with Crippen molar-refractivity contribution in [3.05, 3.63) is 60.2 Å². The molecule has 4 nitrogen and oxygen atoms in total. The largest absolute Gasteiger partial charge is 0.374 e. The van der Waals surface area contributed by atoms with Gasteiger partial charge in [-0.3, -0.25) is 9.97 Å². The lowest BCUT2D eigenvalue weighted by molar-refractivity contribution is 0.222. The lowest BCUT2D eigenvalue weighted by Crippen LogP contribution is -2.00. The van der Waals surface area contributed by atoms with Gasteiger partial charge in [-0.2, -0.15) is 0 Å². The molecule has 2 aromatic rings. The Morgan fingerprint density at radius 2 is 1.22 bits per heavy atom. The lowest BCUT2D eigenvalue weighted by atomic mass is 10.2. The van der Waals surface area contributed by atoms with Gasteiger partial charge < -0.3 is 10.2 Å². The van der Waals surface area contributed by atoms with E-state index in [9.17, 15) is 10.2 Å². The maximum Gasteiger partial charge on any atom is 0.157 e. The number of aromatic nitrogens is 2. The van der Waals surface area contributed by atoms with Gasteiger partial charge in [-0.05, 0) is 24.3 Å². The predicted octanol–water partition coefficient (Wildman–Crippen LogP) is 1.25. The fourth-order valence-electron chi connectivity index (χ4n) is 1.38. The Balaban J connectivity index is 2.09. The summed E-state index contributed by atoms with van der Waals surface area (Å²) in [5, 5.41) is 19.5. The Bertz CT molecular complexity index is 497. The van der Waals surface area contributed by atoms with Crippen molar-refractivity contribution in [2.45, 2.75) is 12.2 Å². The van der Waals surface area contributed by atoms with E-state index in [0.29, 0.717) is 11.4 Å². The van der Waals surface area contributed by atoms with Gasteiger partial charge in [0.15, 0.2) is 12.2 Å². The van der Waals surface area contributed by atoms with E-state index in [1.54, 1.807) is 48.8 Å². The molecule has 0 aromatic carbocycles. The molecule has 2 atom stereocenters. The third kappa shape index (κ3) is 3.14. The molecule has 18 heavy (non-hydrogen) atoms. The maximum atomic E-state index is 9.75. The van der Waals surface area contributed by atoms with E-state index in [4.69, 9.17) is 0 Å². The van der Waals surface area contributed by atoms with Gasteiger partial charge in [0.25, 0.3) is 0 Å². The highest BCUT2D eigenvalue weighted by Gasteiger charge is 2.06. The summed E-state index contributed by atoms with van der Waals surface area (Å²) >= 11 is 0. The summed E-state index contributed by atoms with van der Waals surface area (Å²) in [6, 6.07) is 10.4. The molecule has 0 fully saturated rings. The third-order valence-electron chi connectivity index (χ3n) is 2.29. The van der Waals surface area contributed by atoms with E-state index in [0.717, 1.165) is 0 Å². The molecular formula is C14H12N2O2. The lowest BCUT2D eigenvalue weighted by Gasteiger charge is -2.03. The SMILES string of the molecule is OC(C#CC(O)c1ccccn1)c1ccccn1. The number of hydrogen-bond donors (Lipinski definition) is 2. The second-order valence-electron chi connectivity index (χ2n) is 3.60. The van der Waals surface area contributed by atoms with Crippen LogP contribution in [0.1, 0.15) is 23.6 Å². The number of nitrogens with zero attached hydrogens (tertiary/aromatic N) is 2. The average Bonchev–Trinajstić information content (AvgIpc) is 2.46. The van der Waals surface area contributed by atoms with Crippen LogP contribution >= 0.6 is 0 Å². The molecule has 0 aliphatic rings. The molecule has 0 saturated carbocycles. The van der Waals surface area contributed by atoms with Crippen LogP contribution in [0.5, 0.6) is 0 Å². The monoisotopic (exact) mass is 240 g/mol. The normalized spacial score (nSPS) is 13.2. The molecule has 4 heteroatoms. The molecule has 2 heterocycles. The van der Waals surface area contributed by atoms with Crippen LogP contribution in [0.3, 0.4) is 0 Å². The molecule has 0 bridgehead atoms. The quantitative estimate of drug-likeness (QED) is 0.775. The fraction of sp³-hybridized carbons (Fsp3) is 0.143. The summed E-state index contributed by atoms with van der Waals surface area (Å²) in [7, 11) is 0. The van der Waals surface area contributed by atoms with Gasteiger partial charge in [0.05, 0.1) is 11.4 Å². The van der Waals surface area contributed by atoms with Gasteiger partial charge in [0.1, 0.15) is 0 Å². The highest BCUT2D eigenvalue weighted by atomic mass is 16.3. The summed E-state index contributed by atoms with van der Waals surface area (Å²) in [5.74, 6) is 5.10. The molecule has 2 N–H and O–H groups in total. The number of hydrogen-bond acceptors (Lipinski definition) is 4. The van der Waals surface area contributed by atoms with Gasteiger partial charge in [0.2, 0.25) is 0 Å². The predicted molar refractivity (Wildman–Crippen MR) is 66.2 cm³/mol. The van der Waals surface area contributed by atoms with Crippen LogP contribution in [0.2, 0.25) is 0 Å². The molecule has 90 valence electrons. The van der Waals surface area contributed by atoms with Crippen molar-refractivity contribution in [2.24, 2.45) is 0 Å². The number of rotatable bonds is 2. The molecule has 0 amide bonds. The fourth-order valence-corrected chi connectivity index (χ4v) is 1.38. The summed E-state index contributed by atoms with van der Waals surface area (Å²) in [6.45, 7) is 0. The Labute approximate surface area is 105 Å². The van der Waals surface area contributed by atoms with E-state index in [-0.39, 0.29) is 0 Å². The van der Waals surface area contributed by atoms with E-state index >= 15 is 0 Å². The van der Waals surface area contributed by atoms with Crippen molar-refractivity contribution in [1.82, 2.24) is 9.97 Å². The van der Waals surface area contributed by atoms with Crippen LogP contribution in [0.25, 0.3) is 0 Å². The van der Waals surface area contributed by atoms with Crippen LogP contribution < -0.4 is 0 Å². The number of pyridine rings is 2. The Hall–Kier alpha value is -2.22. The first kappa shape index (κ1) is 12.2. The number of aliphatic hydroxyl groups is 2. The summed E-state index contributed by atoms with van der Waals surface area (Å²) in [5.41, 5.74) is 0.913.